The second kappa shape index (κ2) is 5.14. The Hall–Kier alpha value is -1.62. The summed E-state index contributed by atoms with van der Waals surface area (Å²) in [5.41, 5.74) is 1.75. The second-order valence-corrected chi connectivity index (χ2v) is 4.18. The molecule has 0 aromatic carbocycles. The van der Waals surface area contributed by atoms with E-state index in [1.165, 1.54) is 0 Å². The average Bonchev–Trinajstić information content (AvgIpc) is 2.88. The smallest absolute Gasteiger partial charge is 0.101 e. The first-order valence-corrected chi connectivity index (χ1v) is 5.89. The van der Waals surface area contributed by atoms with Gasteiger partial charge in [0.05, 0.1) is 11.4 Å². The van der Waals surface area contributed by atoms with Gasteiger partial charge >= 0.3 is 0 Å². The highest BCUT2D eigenvalue weighted by atomic mass is 16.3. The highest BCUT2D eigenvalue weighted by Gasteiger charge is 2.14. The SMILES string of the molecule is CCCn1nccc1C(O)Cc1ccn(C)n1. The van der Waals surface area contributed by atoms with E-state index >= 15 is 0 Å². The Kier molecular flexibility index (Phi) is 3.58. The summed E-state index contributed by atoms with van der Waals surface area (Å²) < 4.78 is 3.60. The van der Waals surface area contributed by atoms with Crippen LogP contribution in [0.1, 0.15) is 30.8 Å². The molecule has 0 spiro atoms. The van der Waals surface area contributed by atoms with Gasteiger partial charge in [-0.3, -0.25) is 9.36 Å². The molecule has 2 aromatic rings. The van der Waals surface area contributed by atoms with E-state index in [4.69, 9.17) is 0 Å². The molecule has 0 aliphatic carbocycles. The lowest BCUT2D eigenvalue weighted by Gasteiger charge is -2.11. The molecule has 1 N–H and O–H groups in total. The summed E-state index contributed by atoms with van der Waals surface area (Å²) in [5.74, 6) is 0. The van der Waals surface area contributed by atoms with Gasteiger partial charge in [-0.25, -0.2) is 0 Å². The maximum Gasteiger partial charge on any atom is 0.101 e. The summed E-state index contributed by atoms with van der Waals surface area (Å²) in [6.07, 6.45) is 4.60. The Morgan fingerprint density at radius 3 is 2.88 bits per heavy atom. The van der Waals surface area contributed by atoms with Crippen molar-refractivity contribution in [3.05, 3.63) is 35.9 Å². The third kappa shape index (κ3) is 2.74. The normalized spacial score (nSPS) is 12.9. The molecule has 0 radical (unpaired) electrons. The number of hydrogen-bond donors (Lipinski definition) is 1. The van der Waals surface area contributed by atoms with Crippen LogP contribution in [0.3, 0.4) is 0 Å². The lowest BCUT2D eigenvalue weighted by atomic mass is 10.1. The number of rotatable bonds is 5. The molecule has 0 aliphatic rings. The summed E-state index contributed by atoms with van der Waals surface area (Å²) in [6, 6.07) is 3.78. The average molecular weight is 234 g/mol. The molecule has 92 valence electrons. The van der Waals surface area contributed by atoms with Gasteiger partial charge in [-0.15, -0.1) is 0 Å². The standard InChI is InChI=1S/C12H18N4O/c1-3-7-16-11(4-6-13-16)12(17)9-10-5-8-15(2)14-10/h4-6,8,12,17H,3,7,9H2,1-2H3. The van der Waals surface area contributed by atoms with E-state index in [2.05, 4.69) is 17.1 Å². The van der Waals surface area contributed by atoms with E-state index in [0.717, 1.165) is 24.4 Å². The molecule has 2 aromatic heterocycles. The minimum atomic E-state index is -0.543. The molecule has 5 heteroatoms. The fourth-order valence-electron chi connectivity index (χ4n) is 1.90. The zero-order valence-corrected chi connectivity index (χ0v) is 10.2. The van der Waals surface area contributed by atoms with Crippen LogP contribution in [0.4, 0.5) is 0 Å². The van der Waals surface area contributed by atoms with Crippen molar-refractivity contribution in [3.63, 3.8) is 0 Å². The van der Waals surface area contributed by atoms with Gasteiger partial charge in [0.2, 0.25) is 0 Å². The molecule has 2 heterocycles. The number of aliphatic hydroxyl groups is 1. The molecule has 0 saturated carbocycles. The maximum absolute atomic E-state index is 10.2. The second-order valence-electron chi connectivity index (χ2n) is 4.18. The van der Waals surface area contributed by atoms with Crippen molar-refractivity contribution in [2.45, 2.75) is 32.4 Å². The van der Waals surface area contributed by atoms with Crippen LogP contribution >= 0.6 is 0 Å². The first-order valence-electron chi connectivity index (χ1n) is 5.89. The lowest BCUT2D eigenvalue weighted by molar-refractivity contribution is 0.165. The predicted octanol–water partition coefficient (Wildman–Crippen LogP) is 1.30. The molecular weight excluding hydrogens is 216 g/mol. The quantitative estimate of drug-likeness (QED) is 0.848. The van der Waals surface area contributed by atoms with Crippen molar-refractivity contribution >= 4 is 0 Å². The minimum absolute atomic E-state index is 0.524. The molecule has 0 bridgehead atoms. The summed E-state index contributed by atoms with van der Waals surface area (Å²) in [6.45, 7) is 2.93. The Morgan fingerprint density at radius 2 is 2.24 bits per heavy atom. The highest BCUT2D eigenvalue weighted by Crippen LogP contribution is 2.17. The van der Waals surface area contributed by atoms with Crippen LogP contribution < -0.4 is 0 Å². The van der Waals surface area contributed by atoms with Gasteiger partial charge < -0.3 is 5.11 Å². The molecule has 1 atom stereocenters. The van der Waals surface area contributed by atoms with Crippen LogP contribution in [0.25, 0.3) is 0 Å². The van der Waals surface area contributed by atoms with Crippen LogP contribution in [0, 0.1) is 0 Å². The van der Waals surface area contributed by atoms with Crippen LogP contribution in [-0.4, -0.2) is 24.7 Å². The van der Waals surface area contributed by atoms with Crippen LogP contribution in [0.2, 0.25) is 0 Å². The number of aryl methyl sites for hydroxylation is 2. The Labute approximate surface area is 101 Å². The molecule has 1 unspecified atom stereocenters. The minimum Gasteiger partial charge on any atom is -0.386 e. The molecule has 5 nitrogen and oxygen atoms in total. The number of hydrogen-bond acceptors (Lipinski definition) is 3. The van der Waals surface area contributed by atoms with Gasteiger partial charge in [0, 0.05) is 32.4 Å². The lowest BCUT2D eigenvalue weighted by Crippen LogP contribution is -2.11. The van der Waals surface area contributed by atoms with Gasteiger partial charge in [-0.05, 0) is 18.6 Å². The van der Waals surface area contributed by atoms with Crippen molar-refractivity contribution in [2.24, 2.45) is 7.05 Å². The Morgan fingerprint density at radius 1 is 1.41 bits per heavy atom. The number of nitrogens with zero attached hydrogens (tertiary/aromatic N) is 4. The fourth-order valence-corrected chi connectivity index (χ4v) is 1.90. The van der Waals surface area contributed by atoms with Gasteiger partial charge in [-0.2, -0.15) is 10.2 Å². The van der Waals surface area contributed by atoms with Crippen molar-refractivity contribution in [3.8, 4) is 0 Å². The van der Waals surface area contributed by atoms with E-state index in [-0.39, 0.29) is 0 Å². The van der Waals surface area contributed by atoms with Crippen LogP contribution in [-0.2, 0) is 20.0 Å². The van der Waals surface area contributed by atoms with Crippen molar-refractivity contribution in [1.82, 2.24) is 19.6 Å². The summed E-state index contributed by atoms with van der Waals surface area (Å²) in [5, 5.41) is 18.6. The predicted molar refractivity (Wildman–Crippen MR) is 64.4 cm³/mol. The highest BCUT2D eigenvalue weighted by molar-refractivity contribution is 5.09. The summed E-state index contributed by atoms with van der Waals surface area (Å²) in [4.78, 5) is 0. The molecule has 17 heavy (non-hydrogen) atoms. The summed E-state index contributed by atoms with van der Waals surface area (Å²) in [7, 11) is 1.87. The Balaban J connectivity index is 2.08. The van der Waals surface area contributed by atoms with Gasteiger partial charge in [0.25, 0.3) is 0 Å². The van der Waals surface area contributed by atoms with Crippen LogP contribution in [0.15, 0.2) is 24.5 Å². The third-order valence-corrected chi connectivity index (χ3v) is 2.70. The maximum atomic E-state index is 10.2. The number of aliphatic hydroxyl groups excluding tert-OH is 1. The van der Waals surface area contributed by atoms with Crippen LogP contribution in [0.5, 0.6) is 0 Å². The van der Waals surface area contributed by atoms with Crippen molar-refractivity contribution in [2.75, 3.05) is 0 Å². The zero-order valence-electron chi connectivity index (χ0n) is 10.2. The molecule has 2 rings (SSSR count). The van der Waals surface area contributed by atoms with Gasteiger partial charge in [0.15, 0.2) is 0 Å². The molecule has 0 aliphatic heterocycles. The van der Waals surface area contributed by atoms with Gasteiger partial charge in [0.1, 0.15) is 6.10 Å². The molecular formula is C12H18N4O. The first kappa shape index (κ1) is 11.9. The largest absolute Gasteiger partial charge is 0.386 e. The van der Waals surface area contributed by atoms with E-state index in [1.54, 1.807) is 10.9 Å². The fraction of sp³-hybridized carbons (Fsp3) is 0.500. The van der Waals surface area contributed by atoms with E-state index in [9.17, 15) is 5.11 Å². The van der Waals surface area contributed by atoms with Crippen molar-refractivity contribution in [1.29, 1.82) is 0 Å². The zero-order chi connectivity index (χ0) is 12.3. The monoisotopic (exact) mass is 234 g/mol. The van der Waals surface area contributed by atoms with Gasteiger partial charge in [-0.1, -0.05) is 6.92 Å². The van der Waals surface area contributed by atoms with E-state index in [1.807, 2.05) is 30.1 Å². The molecule has 0 amide bonds. The Bertz CT molecular complexity index is 474. The van der Waals surface area contributed by atoms with E-state index < -0.39 is 6.10 Å². The number of aromatic nitrogens is 4. The first-order chi connectivity index (χ1) is 8.20. The van der Waals surface area contributed by atoms with Crippen molar-refractivity contribution < 1.29 is 5.11 Å². The van der Waals surface area contributed by atoms with E-state index in [0.29, 0.717) is 6.42 Å². The molecule has 0 fully saturated rings. The summed E-state index contributed by atoms with van der Waals surface area (Å²) >= 11 is 0. The topological polar surface area (TPSA) is 55.9 Å². The molecule has 0 saturated heterocycles. The third-order valence-electron chi connectivity index (χ3n) is 2.70.